The van der Waals surface area contributed by atoms with Crippen molar-refractivity contribution < 1.29 is 4.74 Å². The van der Waals surface area contributed by atoms with E-state index in [1.807, 2.05) is 12.1 Å². The van der Waals surface area contributed by atoms with Crippen LogP contribution in [0.4, 0.5) is 5.69 Å². The fourth-order valence-corrected chi connectivity index (χ4v) is 2.75. The summed E-state index contributed by atoms with van der Waals surface area (Å²) in [5, 5.41) is 0. The van der Waals surface area contributed by atoms with E-state index in [4.69, 9.17) is 10.5 Å². The second-order valence-corrected chi connectivity index (χ2v) is 5.64. The third-order valence-corrected chi connectivity index (χ3v) is 4.33. The Morgan fingerprint density at radius 2 is 1.95 bits per heavy atom. The Morgan fingerprint density at radius 1 is 1.25 bits per heavy atom. The molecule has 2 N–H and O–H groups in total. The maximum atomic E-state index is 5.80. The van der Waals surface area contributed by atoms with Crippen molar-refractivity contribution in [3.8, 4) is 5.75 Å². The molecule has 20 heavy (non-hydrogen) atoms. The van der Waals surface area contributed by atoms with E-state index in [9.17, 15) is 0 Å². The highest BCUT2D eigenvalue weighted by molar-refractivity contribution is 5.48. The lowest BCUT2D eigenvalue weighted by Crippen LogP contribution is -2.49. The van der Waals surface area contributed by atoms with Gasteiger partial charge in [0.25, 0.3) is 0 Å². The van der Waals surface area contributed by atoms with E-state index in [2.05, 4.69) is 29.7 Å². The summed E-state index contributed by atoms with van der Waals surface area (Å²) in [6.45, 7) is 10.1. The minimum absolute atomic E-state index is 0.697. The van der Waals surface area contributed by atoms with Gasteiger partial charge in [0, 0.05) is 56.1 Å². The van der Waals surface area contributed by atoms with E-state index < -0.39 is 0 Å². The third-order valence-electron chi connectivity index (χ3n) is 4.33. The van der Waals surface area contributed by atoms with Gasteiger partial charge in [-0.25, -0.2) is 0 Å². The first kappa shape index (κ1) is 15.1. The van der Waals surface area contributed by atoms with Crippen LogP contribution in [-0.2, 0) is 6.54 Å². The molecule has 0 amide bonds. The Bertz CT molecular complexity index is 428. The second-order valence-electron chi connectivity index (χ2n) is 5.64. The van der Waals surface area contributed by atoms with Gasteiger partial charge in [0.2, 0.25) is 0 Å². The Morgan fingerprint density at radius 3 is 2.55 bits per heavy atom. The van der Waals surface area contributed by atoms with Gasteiger partial charge in [-0.15, -0.1) is 0 Å². The highest BCUT2D eigenvalue weighted by Gasteiger charge is 2.20. The SMILES string of the molecule is CCC(C)N1CCN(Cc2ccc(N)cc2OC)CC1. The van der Waals surface area contributed by atoms with Crippen molar-refractivity contribution in [2.45, 2.75) is 32.9 Å². The number of methoxy groups -OCH3 is 1. The standard InChI is InChI=1S/C16H27N3O/c1-4-13(2)19-9-7-18(8-10-19)12-14-5-6-15(17)11-16(14)20-3/h5-6,11,13H,4,7-10,12,17H2,1-3H3. The molecule has 0 spiro atoms. The number of nitrogens with zero attached hydrogens (tertiary/aromatic N) is 2. The molecule has 0 aromatic heterocycles. The van der Waals surface area contributed by atoms with Gasteiger partial charge >= 0.3 is 0 Å². The monoisotopic (exact) mass is 277 g/mol. The van der Waals surface area contributed by atoms with Gasteiger partial charge in [0.05, 0.1) is 7.11 Å². The van der Waals surface area contributed by atoms with Gasteiger partial charge in [0.15, 0.2) is 0 Å². The number of hydrogen-bond donors (Lipinski definition) is 1. The number of anilines is 1. The van der Waals surface area contributed by atoms with Gasteiger partial charge in [-0.2, -0.15) is 0 Å². The molecule has 0 radical (unpaired) electrons. The summed E-state index contributed by atoms with van der Waals surface area (Å²) in [7, 11) is 1.71. The average molecular weight is 277 g/mol. The van der Waals surface area contributed by atoms with Crippen molar-refractivity contribution >= 4 is 5.69 Å². The van der Waals surface area contributed by atoms with Gasteiger partial charge in [-0.1, -0.05) is 13.0 Å². The highest BCUT2D eigenvalue weighted by atomic mass is 16.5. The van der Waals surface area contributed by atoms with Crippen molar-refractivity contribution in [2.24, 2.45) is 0 Å². The molecule has 1 aliphatic rings. The lowest BCUT2D eigenvalue weighted by atomic mass is 10.1. The Hall–Kier alpha value is -1.26. The number of hydrogen-bond acceptors (Lipinski definition) is 4. The van der Waals surface area contributed by atoms with Crippen LogP contribution in [0.3, 0.4) is 0 Å². The Balaban J connectivity index is 1.92. The van der Waals surface area contributed by atoms with E-state index in [1.54, 1.807) is 7.11 Å². The largest absolute Gasteiger partial charge is 0.496 e. The molecule has 1 fully saturated rings. The first-order valence-electron chi connectivity index (χ1n) is 7.52. The normalized spacial score (nSPS) is 18.9. The van der Waals surface area contributed by atoms with Crippen molar-refractivity contribution in [1.29, 1.82) is 0 Å². The molecule has 1 aromatic carbocycles. The molecule has 1 aromatic rings. The number of nitrogens with two attached hydrogens (primary N) is 1. The molecule has 4 heteroatoms. The maximum absolute atomic E-state index is 5.80. The summed E-state index contributed by atoms with van der Waals surface area (Å²) in [6, 6.07) is 6.64. The molecule has 0 bridgehead atoms. The van der Waals surface area contributed by atoms with Crippen LogP contribution in [0.25, 0.3) is 0 Å². The van der Waals surface area contributed by atoms with E-state index in [0.717, 1.165) is 44.2 Å². The number of rotatable bonds is 5. The molecule has 112 valence electrons. The first-order valence-corrected chi connectivity index (χ1v) is 7.52. The number of ether oxygens (including phenoxy) is 1. The summed E-state index contributed by atoms with van der Waals surface area (Å²) in [5.74, 6) is 0.898. The molecule has 1 aliphatic heterocycles. The molecule has 1 heterocycles. The van der Waals surface area contributed by atoms with Crippen LogP contribution in [0.5, 0.6) is 5.75 Å². The van der Waals surface area contributed by atoms with Crippen LogP contribution in [0.1, 0.15) is 25.8 Å². The van der Waals surface area contributed by atoms with Gasteiger partial charge in [-0.05, 0) is 19.4 Å². The van der Waals surface area contributed by atoms with Crippen molar-refractivity contribution in [3.05, 3.63) is 23.8 Å². The van der Waals surface area contributed by atoms with Crippen LogP contribution in [-0.4, -0.2) is 49.1 Å². The van der Waals surface area contributed by atoms with E-state index in [1.165, 1.54) is 12.0 Å². The Labute approximate surface area is 122 Å². The molecule has 1 saturated heterocycles. The van der Waals surface area contributed by atoms with E-state index >= 15 is 0 Å². The summed E-state index contributed by atoms with van der Waals surface area (Å²) >= 11 is 0. The summed E-state index contributed by atoms with van der Waals surface area (Å²) in [6.07, 6.45) is 1.23. The predicted octanol–water partition coefficient (Wildman–Crippen LogP) is 2.19. The molecule has 1 atom stereocenters. The Kier molecular flexibility index (Phi) is 5.26. The molecular weight excluding hydrogens is 250 g/mol. The van der Waals surface area contributed by atoms with Crippen LogP contribution in [0, 0.1) is 0 Å². The van der Waals surface area contributed by atoms with Crippen LogP contribution in [0.2, 0.25) is 0 Å². The zero-order valence-electron chi connectivity index (χ0n) is 12.9. The molecule has 4 nitrogen and oxygen atoms in total. The zero-order valence-corrected chi connectivity index (χ0v) is 12.9. The van der Waals surface area contributed by atoms with Crippen molar-refractivity contribution in [1.82, 2.24) is 9.80 Å². The van der Waals surface area contributed by atoms with Gasteiger partial charge < -0.3 is 10.5 Å². The lowest BCUT2D eigenvalue weighted by molar-refractivity contribution is 0.0958. The highest BCUT2D eigenvalue weighted by Crippen LogP contribution is 2.23. The van der Waals surface area contributed by atoms with Crippen molar-refractivity contribution in [2.75, 3.05) is 39.0 Å². The topological polar surface area (TPSA) is 41.7 Å². The first-order chi connectivity index (χ1) is 9.63. The predicted molar refractivity (Wildman–Crippen MR) is 84.0 cm³/mol. The summed E-state index contributed by atoms with van der Waals surface area (Å²) in [5.41, 5.74) is 7.78. The van der Waals surface area contributed by atoms with E-state index in [0.29, 0.717) is 6.04 Å². The maximum Gasteiger partial charge on any atom is 0.125 e. The molecule has 1 unspecified atom stereocenters. The molecule has 2 rings (SSSR count). The number of piperazine rings is 1. The lowest BCUT2D eigenvalue weighted by Gasteiger charge is -2.38. The number of benzene rings is 1. The zero-order chi connectivity index (χ0) is 14.5. The fourth-order valence-electron chi connectivity index (χ4n) is 2.75. The molecule has 0 aliphatic carbocycles. The minimum atomic E-state index is 0.697. The average Bonchev–Trinajstić information content (AvgIpc) is 2.49. The van der Waals surface area contributed by atoms with Crippen LogP contribution < -0.4 is 10.5 Å². The van der Waals surface area contributed by atoms with Gasteiger partial charge in [-0.3, -0.25) is 9.80 Å². The molecule has 0 saturated carbocycles. The summed E-state index contributed by atoms with van der Waals surface area (Å²) in [4.78, 5) is 5.07. The quantitative estimate of drug-likeness (QED) is 0.838. The smallest absolute Gasteiger partial charge is 0.125 e. The summed E-state index contributed by atoms with van der Waals surface area (Å²) < 4.78 is 5.43. The van der Waals surface area contributed by atoms with Crippen molar-refractivity contribution in [3.63, 3.8) is 0 Å². The third kappa shape index (κ3) is 3.64. The number of nitrogen functional groups attached to an aromatic ring is 1. The van der Waals surface area contributed by atoms with Crippen LogP contribution in [0.15, 0.2) is 18.2 Å². The fraction of sp³-hybridized carbons (Fsp3) is 0.625. The molecular formula is C16H27N3O. The van der Waals surface area contributed by atoms with Gasteiger partial charge in [0.1, 0.15) is 5.75 Å². The van der Waals surface area contributed by atoms with Crippen LogP contribution >= 0.6 is 0 Å². The minimum Gasteiger partial charge on any atom is -0.496 e. The van der Waals surface area contributed by atoms with E-state index in [-0.39, 0.29) is 0 Å². The second kappa shape index (κ2) is 6.95.